The molecule has 0 saturated heterocycles. The number of carbonyl (C=O) groups is 1. The highest BCUT2D eigenvalue weighted by Gasteiger charge is 2.17. The van der Waals surface area contributed by atoms with E-state index >= 15 is 0 Å². The predicted octanol–water partition coefficient (Wildman–Crippen LogP) is 2.09. The molecule has 0 atom stereocenters. The molecule has 0 bridgehead atoms. The number of hydrogen-bond donors (Lipinski definition) is 2. The van der Waals surface area contributed by atoms with Crippen LogP contribution >= 0.6 is 11.8 Å². The Morgan fingerprint density at radius 2 is 2.16 bits per heavy atom. The van der Waals surface area contributed by atoms with Gasteiger partial charge in [0.15, 0.2) is 0 Å². The molecule has 0 spiro atoms. The van der Waals surface area contributed by atoms with Crippen LogP contribution in [-0.2, 0) is 11.2 Å². The second-order valence-electron chi connectivity index (χ2n) is 4.24. The summed E-state index contributed by atoms with van der Waals surface area (Å²) >= 11 is 1.44. The van der Waals surface area contributed by atoms with Crippen molar-refractivity contribution in [2.24, 2.45) is 0 Å². The molecule has 2 aromatic rings. The van der Waals surface area contributed by atoms with Gasteiger partial charge in [-0.25, -0.2) is 4.98 Å². The average Bonchev–Trinajstić information content (AvgIpc) is 2.41. The molecule has 19 heavy (non-hydrogen) atoms. The number of carbonyl (C=O) groups excluding carboxylic acids is 1. The Hall–Kier alpha value is -2.08. The largest absolute Gasteiger partial charge is 0.398 e. The van der Waals surface area contributed by atoms with Gasteiger partial charge in [0, 0.05) is 35.1 Å². The predicted molar refractivity (Wildman–Crippen MR) is 74.0 cm³/mol. The van der Waals surface area contributed by atoms with Crippen molar-refractivity contribution in [3.05, 3.63) is 36.3 Å². The van der Waals surface area contributed by atoms with Crippen LogP contribution in [0.4, 0.5) is 11.4 Å². The minimum absolute atomic E-state index is 0.0488. The lowest BCUT2D eigenvalue weighted by Gasteiger charge is -2.18. The summed E-state index contributed by atoms with van der Waals surface area (Å²) in [4.78, 5) is 20.5. The molecular formula is C13H12N4OS. The summed E-state index contributed by atoms with van der Waals surface area (Å²) in [7, 11) is 0. The van der Waals surface area contributed by atoms with E-state index in [1.54, 1.807) is 18.6 Å². The van der Waals surface area contributed by atoms with E-state index in [1.165, 1.54) is 11.8 Å². The quantitative estimate of drug-likeness (QED) is 0.818. The van der Waals surface area contributed by atoms with E-state index in [0.29, 0.717) is 12.1 Å². The van der Waals surface area contributed by atoms with Crippen molar-refractivity contribution in [1.82, 2.24) is 9.97 Å². The van der Waals surface area contributed by atoms with Crippen LogP contribution in [0.5, 0.6) is 0 Å². The zero-order valence-corrected chi connectivity index (χ0v) is 10.9. The van der Waals surface area contributed by atoms with Crippen molar-refractivity contribution in [1.29, 1.82) is 0 Å². The van der Waals surface area contributed by atoms with Crippen molar-refractivity contribution < 1.29 is 4.79 Å². The molecule has 6 heteroatoms. The molecule has 1 aromatic carbocycles. The fourth-order valence-electron chi connectivity index (χ4n) is 1.97. The average molecular weight is 272 g/mol. The van der Waals surface area contributed by atoms with Crippen LogP contribution in [0.2, 0.25) is 0 Å². The standard InChI is InChI=1S/C13H12N4OS/c14-9-5-8-1-2-12(18)17-10(8)6-11(9)19-13-7-15-3-4-16-13/h3-7H,1-2,14H2,(H,17,18). The van der Waals surface area contributed by atoms with E-state index in [9.17, 15) is 4.79 Å². The maximum Gasteiger partial charge on any atom is 0.224 e. The van der Waals surface area contributed by atoms with Crippen molar-refractivity contribution in [3.8, 4) is 0 Å². The molecule has 1 amide bonds. The highest BCUT2D eigenvalue weighted by Crippen LogP contribution is 2.36. The number of rotatable bonds is 2. The molecule has 1 aromatic heterocycles. The number of nitrogens with zero attached hydrogens (tertiary/aromatic N) is 2. The van der Waals surface area contributed by atoms with Gasteiger partial charge in [0.1, 0.15) is 5.03 Å². The number of amides is 1. The van der Waals surface area contributed by atoms with Gasteiger partial charge in [-0.15, -0.1) is 0 Å². The van der Waals surface area contributed by atoms with Gasteiger partial charge in [0.05, 0.1) is 6.20 Å². The highest BCUT2D eigenvalue weighted by molar-refractivity contribution is 7.99. The summed E-state index contributed by atoms with van der Waals surface area (Å²) in [6, 6.07) is 3.83. The molecule has 0 saturated carbocycles. The van der Waals surface area contributed by atoms with E-state index in [4.69, 9.17) is 5.73 Å². The molecular weight excluding hydrogens is 260 g/mol. The summed E-state index contributed by atoms with van der Waals surface area (Å²) in [5.41, 5.74) is 8.67. The number of nitrogens with two attached hydrogens (primary N) is 1. The Kier molecular flexibility index (Phi) is 3.08. The summed E-state index contributed by atoms with van der Waals surface area (Å²) in [6.07, 6.45) is 6.20. The molecule has 1 aliphatic heterocycles. The van der Waals surface area contributed by atoms with Gasteiger partial charge in [0.25, 0.3) is 0 Å². The smallest absolute Gasteiger partial charge is 0.224 e. The van der Waals surface area contributed by atoms with Crippen LogP contribution < -0.4 is 11.1 Å². The molecule has 1 aliphatic rings. The zero-order valence-electron chi connectivity index (χ0n) is 10.1. The van der Waals surface area contributed by atoms with Gasteiger partial charge in [-0.05, 0) is 24.1 Å². The number of nitrogen functional groups attached to an aromatic ring is 1. The summed E-state index contributed by atoms with van der Waals surface area (Å²) in [5.74, 6) is 0.0488. The van der Waals surface area contributed by atoms with E-state index in [1.807, 2.05) is 12.1 Å². The van der Waals surface area contributed by atoms with Crippen LogP contribution in [0.25, 0.3) is 0 Å². The number of aryl methyl sites for hydroxylation is 1. The zero-order chi connectivity index (χ0) is 13.2. The van der Waals surface area contributed by atoms with E-state index in [2.05, 4.69) is 15.3 Å². The van der Waals surface area contributed by atoms with Crippen molar-refractivity contribution in [2.45, 2.75) is 22.8 Å². The SMILES string of the molecule is Nc1cc2c(cc1Sc1cnccn1)NC(=O)CC2. The minimum atomic E-state index is 0.0488. The van der Waals surface area contributed by atoms with Crippen LogP contribution in [0.1, 0.15) is 12.0 Å². The van der Waals surface area contributed by atoms with Gasteiger partial charge in [0.2, 0.25) is 5.91 Å². The van der Waals surface area contributed by atoms with Crippen LogP contribution in [0.3, 0.4) is 0 Å². The van der Waals surface area contributed by atoms with Crippen molar-refractivity contribution in [3.63, 3.8) is 0 Å². The molecule has 0 unspecified atom stereocenters. The third-order valence-electron chi connectivity index (χ3n) is 2.89. The maximum absolute atomic E-state index is 11.4. The first-order valence-electron chi connectivity index (χ1n) is 5.88. The Morgan fingerprint density at radius 1 is 1.26 bits per heavy atom. The Bertz CT molecular complexity index is 630. The molecule has 96 valence electrons. The summed E-state index contributed by atoms with van der Waals surface area (Å²) in [6.45, 7) is 0. The molecule has 0 fully saturated rings. The number of anilines is 2. The van der Waals surface area contributed by atoms with Gasteiger partial charge < -0.3 is 11.1 Å². The third-order valence-corrected chi connectivity index (χ3v) is 3.88. The molecule has 2 heterocycles. The van der Waals surface area contributed by atoms with E-state index in [-0.39, 0.29) is 5.91 Å². The van der Waals surface area contributed by atoms with E-state index < -0.39 is 0 Å². The highest BCUT2D eigenvalue weighted by atomic mass is 32.2. The van der Waals surface area contributed by atoms with Crippen molar-refractivity contribution >= 4 is 29.0 Å². The number of aromatic nitrogens is 2. The van der Waals surface area contributed by atoms with Crippen LogP contribution in [0, 0.1) is 0 Å². The second-order valence-corrected chi connectivity index (χ2v) is 5.30. The first kappa shape index (κ1) is 12.0. The fourth-order valence-corrected chi connectivity index (χ4v) is 2.77. The maximum atomic E-state index is 11.4. The number of hydrogen-bond acceptors (Lipinski definition) is 5. The van der Waals surface area contributed by atoms with E-state index in [0.717, 1.165) is 27.6 Å². The Morgan fingerprint density at radius 3 is 2.95 bits per heavy atom. The topological polar surface area (TPSA) is 80.9 Å². The number of fused-ring (bicyclic) bond motifs is 1. The van der Waals surface area contributed by atoms with Gasteiger partial charge in [-0.2, -0.15) is 0 Å². The molecule has 5 nitrogen and oxygen atoms in total. The summed E-state index contributed by atoms with van der Waals surface area (Å²) < 4.78 is 0. The Labute approximate surface area is 114 Å². The summed E-state index contributed by atoms with van der Waals surface area (Å²) in [5, 5.41) is 3.64. The molecule has 0 radical (unpaired) electrons. The molecule has 3 rings (SSSR count). The van der Waals surface area contributed by atoms with Gasteiger partial charge >= 0.3 is 0 Å². The fraction of sp³-hybridized carbons (Fsp3) is 0.154. The van der Waals surface area contributed by atoms with Gasteiger partial charge in [-0.1, -0.05) is 11.8 Å². The lowest BCUT2D eigenvalue weighted by atomic mass is 10.0. The first-order chi connectivity index (χ1) is 9.22. The normalized spacial score (nSPS) is 13.8. The van der Waals surface area contributed by atoms with Gasteiger partial charge in [-0.3, -0.25) is 9.78 Å². The van der Waals surface area contributed by atoms with Crippen LogP contribution in [-0.4, -0.2) is 15.9 Å². The second kappa shape index (κ2) is 4.89. The number of benzene rings is 1. The van der Waals surface area contributed by atoms with Crippen molar-refractivity contribution in [2.75, 3.05) is 11.1 Å². The molecule has 3 N–H and O–H groups in total. The minimum Gasteiger partial charge on any atom is -0.398 e. The third kappa shape index (κ3) is 2.53. The molecule has 0 aliphatic carbocycles. The first-order valence-corrected chi connectivity index (χ1v) is 6.70. The lowest BCUT2D eigenvalue weighted by molar-refractivity contribution is -0.116. The Balaban J connectivity index is 1.94. The monoisotopic (exact) mass is 272 g/mol. The lowest BCUT2D eigenvalue weighted by Crippen LogP contribution is -2.19. The van der Waals surface area contributed by atoms with Crippen LogP contribution in [0.15, 0.2) is 40.6 Å². The number of nitrogens with one attached hydrogen (secondary N) is 1.